The third-order valence-corrected chi connectivity index (χ3v) is 3.75. The molecule has 5 heteroatoms. The smallest absolute Gasteiger partial charge is 0.161 e. The summed E-state index contributed by atoms with van der Waals surface area (Å²) in [6.07, 6.45) is 1.73. The predicted octanol–water partition coefficient (Wildman–Crippen LogP) is 4.42. The first-order valence-electron chi connectivity index (χ1n) is 7.06. The third kappa shape index (κ3) is 5.72. The molecule has 3 nitrogen and oxygen atoms in total. The van der Waals surface area contributed by atoms with E-state index in [1.165, 1.54) is 10.4 Å². The van der Waals surface area contributed by atoms with E-state index in [0.29, 0.717) is 13.2 Å². The van der Waals surface area contributed by atoms with Gasteiger partial charge in [0.2, 0.25) is 0 Å². The van der Waals surface area contributed by atoms with Crippen molar-refractivity contribution >= 4 is 23.7 Å². The van der Waals surface area contributed by atoms with Crippen LogP contribution < -0.4 is 14.8 Å². The van der Waals surface area contributed by atoms with Crippen LogP contribution in [0.3, 0.4) is 0 Å². The van der Waals surface area contributed by atoms with Crippen LogP contribution in [0.4, 0.5) is 0 Å². The highest BCUT2D eigenvalue weighted by Gasteiger charge is 2.06. The van der Waals surface area contributed by atoms with E-state index < -0.39 is 0 Å². The average Bonchev–Trinajstić information content (AvgIpc) is 3.00. The van der Waals surface area contributed by atoms with E-state index in [1.54, 1.807) is 17.4 Å². The summed E-state index contributed by atoms with van der Waals surface area (Å²) in [5.74, 6) is 1.55. The highest BCUT2D eigenvalue weighted by molar-refractivity contribution is 7.09. The van der Waals surface area contributed by atoms with E-state index in [-0.39, 0.29) is 12.4 Å². The molecule has 0 radical (unpaired) electrons. The minimum atomic E-state index is 0. The summed E-state index contributed by atoms with van der Waals surface area (Å²) in [7, 11) is 0. The molecule has 0 atom stereocenters. The number of benzene rings is 1. The fourth-order valence-corrected chi connectivity index (χ4v) is 2.62. The molecular weight excluding hydrogens is 318 g/mol. The second-order valence-corrected chi connectivity index (χ2v) is 5.53. The molecule has 0 fully saturated rings. The highest BCUT2D eigenvalue weighted by atomic mass is 35.5. The Morgan fingerprint density at radius 3 is 2.73 bits per heavy atom. The van der Waals surface area contributed by atoms with Gasteiger partial charge in [0.15, 0.2) is 11.5 Å². The molecule has 1 aromatic carbocycles. The Hall–Kier alpha value is -1.49. The van der Waals surface area contributed by atoms with Crippen molar-refractivity contribution < 1.29 is 9.47 Å². The van der Waals surface area contributed by atoms with Gasteiger partial charge in [-0.05, 0) is 36.1 Å². The summed E-state index contributed by atoms with van der Waals surface area (Å²) in [6.45, 7) is 8.42. The van der Waals surface area contributed by atoms with Crippen molar-refractivity contribution in [3.63, 3.8) is 0 Å². The standard InChI is InChI=1S/C17H21NO2S.ClH/c1-3-9-20-16-8-7-14(11-17(16)19-4-2)12-18-13-15-6-5-10-21-15;/h3,5-8,10-11,18H,1,4,9,12-13H2,2H3;1H. The summed E-state index contributed by atoms with van der Waals surface area (Å²) in [6, 6.07) is 10.2. The number of rotatable bonds is 9. The highest BCUT2D eigenvalue weighted by Crippen LogP contribution is 2.28. The van der Waals surface area contributed by atoms with Crippen LogP contribution in [0.15, 0.2) is 48.4 Å². The lowest BCUT2D eigenvalue weighted by Crippen LogP contribution is -2.12. The maximum Gasteiger partial charge on any atom is 0.161 e. The van der Waals surface area contributed by atoms with E-state index >= 15 is 0 Å². The van der Waals surface area contributed by atoms with Crippen molar-refractivity contribution in [1.82, 2.24) is 5.32 Å². The summed E-state index contributed by atoms with van der Waals surface area (Å²) < 4.78 is 11.2. The minimum Gasteiger partial charge on any atom is -0.490 e. The molecule has 120 valence electrons. The summed E-state index contributed by atoms with van der Waals surface area (Å²) in [4.78, 5) is 1.34. The van der Waals surface area contributed by atoms with E-state index in [4.69, 9.17) is 9.47 Å². The Bertz CT molecular complexity index is 558. The molecule has 2 aromatic rings. The van der Waals surface area contributed by atoms with Gasteiger partial charge in [-0.25, -0.2) is 0 Å². The minimum absolute atomic E-state index is 0. The SMILES string of the molecule is C=CCOc1ccc(CNCc2cccs2)cc1OCC.Cl. The van der Waals surface area contributed by atoms with Crippen molar-refractivity contribution in [1.29, 1.82) is 0 Å². The fraction of sp³-hybridized carbons (Fsp3) is 0.294. The molecule has 0 unspecified atom stereocenters. The van der Waals surface area contributed by atoms with Crippen molar-refractivity contribution in [2.45, 2.75) is 20.0 Å². The molecule has 0 amide bonds. The maximum absolute atomic E-state index is 5.64. The molecule has 0 saturated carbocycles. The Kier molecular flexibility index (Phi) is 8.67. The largest absolute Gasteiger partial charge is 0.490 e. The quantitative estimate of drug-likeness (QED) is 0.686. The van der Waals surface area contributed by atoms with Crippen LogP contribution in [-0.2, 0) is 13.1 Å². The van der Waals surface area contributed by atoms with Crippen molar-refractivity contribution in [2.75, 3.05) is 13.2 Å². The van der Waals surface area contributed by atoms with Crippen LogP contribution in [-0.4, -0.2) is 13.2 Å². The second kappa shape index (κ2) is 10.3. The molecule has 1 N–H and O–H groups in total. The Morgan fingerprint density at radius 1 is 1.18 bits per heavy atom. The monoisotopic (exact) mass is 339 g/mol. The van der Waals surface area contributed by atoms with E-state index in [2.05, 4.69) is 35.5 Å². The summed E-state index contributed by atoms with van der Waals surface area (Å²) >= 11 is 1.76. The first kappa shape index (κ1) is 18.6. The van der Waals surface area contributed by atoms with Crippen LogP contribution in [0.5, 0.6) is 11.5 Å². The summed E-state index contributed by atoms with van der Waals surface area (Å²) in [5, 5.41) is 5.53. The molecule has 0 aliphatic rings. The number of ether oxygens (including phenoxy) is 2. The molecular formula is C17H22ClNO2S. The van der Waals surface area contributed by atoms with Crippen LogP contribution in [0.25, 0.3) is 0 Å². The zero-order valence-electron chi connectivity index (χ0n) is 12.7. The van der Waals surface area contributed by atoms with Gasteiger partial charge in [0.25, 0.3) is 0 Å². The number of hydrogen-bond acceptors (Lipinski definition) is 4. The number of thiophene rings is 1. The van der Waals surface area contributed by atoms with E-state index in [1.807, 2.05) is 19.1 Å². The maximum atomic E-state index is 5.64. The van der Waals surface area contributed by atoms with Gasteiger partial charge in [0, 0.05) is 18.0 Å². The predicted molar refractivity (Wildman–Crippen MR) is 95.4 cm³/mol. The van der Waals surface area contributed by atoms with Crippen LogP contribution in [0.2, 0.25) is 0 Å². The summed E-state index contributed by atoms with van der Waals surface area (Å²) in [5.41, 5.74) is 1.18. The third-order valence-electron chi connectivity index (χ3n) is 2.87. The zero-order valence-corrected chi connectivity index (χ0v) is 14.3. The lowest BCUT2D eigenvalue weighted by Gasteiger charge is -2.12. The second-order valence-electron chi connectivity index (χ2n) is 4.50. The molecule has 0 saturated heterocycles. The van der Waals surface area contributed by atoms with Gasteiger partial charge in [0.05, 0.1) is 6.61 Å². The van der Waals surface area contributed by atoms with Gasteiger partial charge in [-0.3, -0.25) is 0 Å². The van der Waals surface area contributed by atoms with Crippen LogP contribution >= 0.6 is 23.7 Å². The average molecular weight is 340 g/mol. The first-order valence-corrected chi connectivity index (χ1v) is 7.94. The zero-order chi connectivity index (χ0) is 14.9. The Balaban J connectivity index is 0.00000242. The van der Waals surface area contributed by atoms with Crippen molar-refractivity contribution in [2.24, 2.45) is 0 Å². The van der Waals surface area contributed by atoms with E-state index in [0.717, 1.165) is 24.6 Å². The van der Waals surface area contributed by atoms with Gasteiger partial charge >= 0.3 is 0 Å². The molecule has 0 aliphatic carbocycles. The number of nitrogens with one attached hydrogen (secondary N) is 1. The Morgan fingerprint density at radius 2 is 2.05 bits per heavy atom. The topological polar surface area (TPSA) is 30.5 Å². The van der Waals surface area contributed by atoms with Crippen LogP contribution in [0, 0.1) is 0 Å². The molecule has 0 bridgehead atoms. The van der Waals surface area contributed by atoms with Gasteiger partial charge in [0.1, 0.15) is 6.61 Å². The van der Waals surface area contributed by atoms with Gasteiger partial charge in [-0.2, -0.15) is 0 Å². The normalized spacial score (nSPS) is 9.86. The molecule has 1 aromatic heterocycles. The number of halogens is 1. The fourth-order valence-electron chi connectivity index (χ4n) is 1.94. The van der Waals surface area contributed by atoms with Gasteiger partial charge < -0.3 is 14.8 Å². The van der Waals surface area contributed by atoms with Crippen molar-refractivity contribution in [3.8, 4) is 11.5 Å². The molecule has 22 heavy (non-hydrogen) atoms. The number of hydrogen-bond donors (Lipinski definition) is 1. The lowest BCUT2D eigenvalue weighted by molar-refractivity contribution is 0.296. The first-order chi connectivity index (χ1) is 10.3. The lowest BCUT2D eigenvalue weighted by atomic mass is 10.2. The van der Waals surface area contributed by atoms with Gasteiger partial charge in [-0.15, -0.1) is 23.7 Å². The molecule has 1 heterocycles. The van der Waals surface area contributed by atoms with Crippen molar-refractivity contribution in [3.05, 3.63) is 58.8 Å². The molecule has 2 rings (SSSR count). The van der Waals surface area contributed by atoms with E-state index in [9.17, 15) is 0 Å². The van der Waals surface area contributed by atoms with Crippen LogP contribution in [0.1, 0.15) is 17.4 Å². The molecule has 0 spiro atoms. The Labute approximate surface area is 142 Å². The van der Waals surface area contributed by atoms with Gasteiger partial charge in [-0.1, -0.05) is 24.8 Å². The molecule has 0 aliphatic heterocycles.